The normalized spacial score (nSPS) is 13.5. The van der Waals surface area contributed by atoms with E-state index in [1.807, 2.05) is 22.6 Å². The van der Waals surface area contributed by atoms with Gasteiger partial charge in [0.15, 0.2) is 0 Å². The van der Waals surface area contributed by atoms with Crippen LogP contribution in [0, 0.1) is 0 Å². The van der Waals surface area contributed by atoms with Crippen LogP contribution in [0.3, 0.4) is 0 Å². The zero-order valence-corrected chi connectivity index (χ0v) is 10.5. The molecule has 0 fully saturated rings. The molecular weight excluding hydrogens is 305 g/mol. The SMILES string of the molecule is C=CCN(C(=O)C(C)I)S(C)(=O)=O. The van der Waals surface area contributed by atoms with Crippen molar-refractivity contribution < 1.29 is 13.2 Å². The predicted molar refractivity (Wildman–Crippen MR) is 60.2 cm³/mol. The summed E-state index contributed by atoms with van der Waals surface area (Å²) in [4.78, 5) is 11.4. The summed E-state index contributed by atoms with van der Waals surface area (Å²) in [5.41, 5.74) is 0. The van der Waals surface area contributed by atoms with Crippen molar-refractivity contribution in [1.82, 2.24) is 4.31 Å². The minimum Gasteiger partial charge on any atom is -0.273 e. The first-order valence-corrected chi connectivity index (χ1v) is 6.66. The minimum atomic E-state index is -3.46. The van der Waals surface area contributed by atoms with Crippen molar-refractivity contribution in [2.75, 3.05) is 12.8 Å². The number of hydrogen-bond acceptors (Lipinski definition) is 3. The van der Waals surface area contributed by atoms with E-state index in [0.717, 1.165) is 10.6 Å². The highest BCUT2D eigenvalue weighted by molar-refractivity contribution is 14.1. The zero-order valence-electron chi connectivity index (χ0n) is 7.53. The van der Waals surface area contributed by atoms with E-state index < -0.39 is 15.9 Å². The van der Waals surface area contributed by atoms with Crippen LogP contribution in [0.15, 0.2) is 12.7 Å². The third-order valence-corrected chi connectivity index (χ3v) is 2.94. The van der Waals surface area contributed by atoms with E-state index in [1.54, 1.807) is 6.92 Å². The predicted octanol–water partition coefficient (Wildman–Crippen LogP) is 0.784. The van der Waals surface area contributed by atoms with Gasteiger partial charge in [0.05, 0.1) is 16.7 Å². The third-order valence-electron chi connectivity index (χ3n) is 1.28. The maximum absolute atomic E-state index is 11.4. The number of nitrogens with zero attached hydrogens (tertiary/aromatic N) is 1. The first kappa shape index (κ1) is 12.9. The number of amides is 1. The van der Waals surface area contributed by atoms with Gasteiger partial charge in [-0.05, 0) is 6.92 Å². The molecule has 0 aliphatic heterocycles. The Kier molecular flexibility index (Phi) is 4.90. The molecular formula is C7H12INO3S. The summed E-state index contributed by atoms with van der Waals surface area (Å²) in [6.07, 6.45) is 2.39. The molecule has 0 aromatic rings. The Hall–Kier alpha value is -0.110. The van der Waals surface area contributed by atoms with Crippen molar-refractivity contribution in [2.45, 2.75) is 10.8 Å². The summed E-state index contributed by atoms with van der Waals surface area (Å²) >= 11 is 1.87. The first-order valence-electron chi connectivity index (χ1n) is 3.57. The highest BCUT2D eigenvalue weighted by Gasteiger charge is 2.24. The fourth-order valence-corrected chi connectivity index (χ4v) is 2.09. The second kappa shape index (κ2) is 4.94. The van der Waals surface area contributed by atoms with E-state index in [4.69, 9.17) is 0 Å². The monoisotopic (exact) mass is 317 g/mol. The molecule has 0 aromatic carbocycles. The molecule has 0 N–H and O–H groups in total. The van der Waals surface area contributed by atoms with Gasteiger partial charge in [-0.2, -0.15) is 0 Å². The molecule has 0 aliphatic rings. The van der Waals surface area contributed by atoms with E-state index in [1.165, 1.54) is 6.08 Å². The lowest BCUT2D eigenvalue weighted by Crippen LogP contribution is -2.39. The molecule has 0 aromatic heterocycles. The van der Waals surface area contributed by atoms with Gasteiger partial charge in [0.2, 0.25) is 15.9 Å². The number of rotatable bonds is 4. The Morgan fingerprint density at radius 2 is 2.15 bits per heavy atom. The molecule has 1 atom stereocenters. The molecule has 0 saturated heterocycles. The summed E-state index contributed by atoms with van der Waals surface area (Å²) in [6, 6.07) is 0. The molecule has 0 bridgehead atoms. The molecule has 0 saturated carbocycles. The lowest BCUT2D eigenvalue weighted by atomic mass is 10.4. The number of alkyl halides is 1. The molecule has 1 amide bonds. The number of hydrogen-bond donors (Lipinski definition) is 0. The fraction of sp³-hybridized carbons (Fsp3) is 0.571. The second-order valence-corrected chi connectivity index (χ2v) is 6.31. The lowest BCUT2D eigenvalue weighted by Gasteiger charge is -2.19. The number of carbonyl (C=O) groups excluding carboxylic acids is 1. The molecule has 0 heterocycles. The van der Waals surface area contributed by atoms with Crippen LogP contribution in [0.4, 0.5) is 0 Å². The third kappa shape index (κ3) is 4.08. The zero-order chi connectivity index (χ0) is 10.6. The Bertz CT molecular complexity index is 297. The van der Waals surface area contributed by atoms with Crippen LogP contribution in [-0.4, -0.2) is 35.4 Å². The molecule has 0 spiro atoms. The van der Waals surface area contributed by atoms with Crippen LogP contribution in [0.1, 0.15) is 6.92 Å². The Morgan fingerprint density at radius 3 is 2.38 bits per heavy atom. The Morgan fingerprint density at radius 1 is 1.69 bits per heavy atom. The van der Waals surface area contributed by atoms with Crippen molar-refractivity contribution in [3.05, 3.63) is 12.7 Å². The van der Waals surface area contributed by atoms with Gasteiger partial charge >= 0.3 is 0 Å². The maximum atomic E-state index is 11.4. The number of halogens is 1. The van der Waals surface area contributed by atoms with Crippen LogP contribution in [-0.2, 0) is 14.8 Å². The number of sulfonamides is 1. The van der Waals surface area contributed by atoms with Crippen molar-refractivity contribution in [3.8, 4) is 0 Å². The molecule has 0 radical (unpaired) electrons. The molecule has 0 rings (SSSR count). The van der Waals surface area contributed by atoms with E-state index in [2.05, 4.69) is 6.58 Å². The second-order valence-electron chi connectivity index (χ2n) is 2.54. The summed E-state index contributed by atoms with van der Waals surface area (Å²) in [6.45, 7) is 5.07. The standard InChI is InChI=1S/C7H12INO3S/c1-4-5-9(13(3,11)12)7(10)6(2)8/h4,6H,1,5H2,2-3H3. The minimum absolute atomic E-state index is 0.0327. The number of carbonyl (C=O) groups is 1. The van der Waals surface area contributed by atoms with Crippen LogP contribution in [0.2, 0.25) is 0 Å². The summed E-state index contributed by atoms with van der Waals surface area (Å²) in [5, 5.41) is 0. The van der Waals surface area contributed by atoms with Gasteiger partial charge in [-0.1, -0.05) is 28.7 Å². The van der Waals surface area contributed by atoms with Gasteiger partial charge in [0, 0.05) is 0 Å². The van der Waals surface area contributed by atoms with E-state index in [-0.39, 0.29) is 10.5 Å². The highest BCUT2D eigenvalue weighted by atomic mass is 127. The quantitative estimate of drug-likeness (QED) is 0.437. The topological polar surface area (TPSA) is 54.5 Å². The smallest absolute Gasteiger partial charge is 0.248 e. The van der Waals surface area contributed by atoms with E-state index >= 15 is 0 Å². The van der Waals surface area contributed by atoms with E-state index in [0.29, 0.717) is 0 Å². The van der Waals surface area contributed by atoms with Crippen LogP contribution in [0.25, 0.3) is 0 Å². The van der Waals surface area contributed by atoms with Crippen molar-refractivity contribution in [3.63, 3.8) is 0 Å². The van der Waals surface area contributed by atoms with Gasteiger partial charge in [0.1, 0.15) is 0 Å². The Labute approximate surface area is 92.2 Å². The van der Waals surface area contributed by atoms with Gasteiger partial charge in [0.25, 0.3) is 0 Å². The molecule has 76 valence electrons. The molecule has 6 heteroatoms. The van der Waals surface area contributed by atoms with Gasteiger partial charge in [-0.15, -0.1) is 6.58 Å². The molecule has 13 heavy (non-hydrogen) atoms. The molecule has 4 nitrogen and oxygen atoms in total. The lowest BCUT2D eigenvalue weighted by molar-refractivity contribution is -0.124. The maximum Gasteiger partial charge on any atom is 0.248 e. The van der Waals surface area contributed by atoms with E-state index in [9.17, 15) is 13.2 Å². The largest absolute Gasteiger partial charge is 0.273 e. The summed E-state index contributed by atoms with van der Waals surface area (Å²) < 4.78 is 22.7. The van der Waals surface area contributed by atoms with Crippen LogP contribution < -0.4 is 0 Å². The molecule has 1 unspecified atom stereocenters. The molecule has 0 aliphatic carbocycles. The highest BCUT2D eigenvalue weighted by Crippen LogP contribution is 2.08. The van der Waals surface area contributed by atoms with Crippen LogP contribution >= 0.6 is 22.6 Å². The van der Waals surface area contributed by atoms with Crippen molar-refractivity contribution in [1.29, 1.82) is 0 Å². The Balaban J connectivity index is 4.83. The van der Waals surface area contributed by atoms with Crippen LogP contribution in [0.5, 0.6) is 0 Å². The summed E-state index contributed by atoms with van der Waals surface area (Å²) in [5.74, 6) is -0.414. The van der Waals surface area contributed by atoms with Crippen molar-refractivity contribution >= 4 is 38.5 Å². The fourth-order valence-electron chi connectivity index (χ4n) is 0.704. The average Bonchev–Trinajstić information content (AvgIpc) is 1.96. The summed E-state index contributed by atoms with van der Waals surface area (Å²) in [7, 11) is -3.46. The first-order chi connectivity index (χ1) is 5.80. The van der Waals surface area contributed by atoms with Gasteiger partial charge in [-0.25, -0.2) is 12.7 Å². The van der Waals surface area contributed by atoms with Crippen molar-refractivity contribution in [2.24, 2.45) is 0 Å². The van der Waals surface area contributed by atoms with Gasteiger partial charge < -0.3 is 0 Å². The average molecular weight is 317 g/mol. The van der Waals surface area contributed by atoms with Gasteiger partial charge in [-0.3, -0.25) is 4.79 Å².